The molecule has 0 bridgehead atoms. The third kappa shape index (κ3) is 5.01. The lowest BCUT2D eigenvalue weighted by molar-refractivity contribution is -0.120. The number of carbonyl (C=O) groups is 1. The number of rotatable bonds is 2. The molecular formula is C8H11Cl2FN2O. The van der Waals surface area contributed by atoms with Gasteiger partial charge in [0, 0.05) is 0 Å². The number of nitrogens with two attached hydrogens (primary N) is 1. The lowest BCUT2D eigenvalue weighted by Gasteiger charge is -1.98. The number of hydrazine groups is 1. The average Bonchev–Trinajstić information content (AvgIpc) is 2.09. The van der Waals surface area contributed by atoms with E-state index in [4.69, 9.17) is 5.84 Å². The Morgan fingerprint density at radius 2 is 1.79 bits per heavy atom. The van der Waals surface area contributed by atoms with Gasteiger partial charge >= 0.3 is 0 Å². The number of benzene rings is 1. The normalized spacial score (nSPS) is 8.14. The molecule has 80 valence electrons. The van der Waals surface area contributed by atoms with Crippen LogP contribution in [0, 0.1) is 5.82 Å². The van der Waals surface area contributed by atoms with Crippen LogP contribution in [0.25, 0.3) is 0 Å². The molecule has 0 unspecified atom stereocenters. The van der Waals surface area contributed by atoms with E-state index in [1.165, 1.54) is 12.1 Å². The van der Waals surface area contributed by atoms with E-state index in [0.717, 1.165) is 5.56 Å². The number of halogens is 3. The van der Waals surface area contributed by atoms with E-state index < -0.39 is 0 Å². The van der Waals surface area contributed by atoms with Crippen molar-refractivity contribution in [2.75, 3.05) is 0 Å². The van der Waals surface area contributed by atoms with Crippen LogP contribution in [0.15, 0.2) is 24.3 Å². The first-order valence-corrected chi connectivity index (χ1v) is 3.46. The SMILES string of the molecule is Cl.Cl.NNC(=O)Cc1ccc(F)cc1. The van der Waals surface area contributed by atoms with Crippen LogP contribution in [0.5, 0.6) is 0 Å². The number of nitrogens with one attached hydrogen (secondary N) is 1. The van der Waals surface area contributed by atoms with Crippen LogP contribution in [0.4, 0.5) is 4.39 Å². The highest BCUT2D eigenvalue weighted by molar-refractivity contribution is 5.85. The predicted octanol–water partition coefficient (Wildman–Crippen LogP) is 1.20. The van der Waals surface area contributed by atoms with Gasteiger partial charge in [-0.05, 0) is 17.7 Å². The third-order valence-corrected chi connectivity index (χ3v) is 1.44. The molecule has 3 N–H and O–H groups in total. The van der Waals surface area contributed by atoms with Crippen molar-refractivity contribution in [2.24, 2.45) is 5.84 Å². The van der Waals surface area contributed by atoms with Crippen molar-refractivity contribution in [3.63, 3.8) is 0 Å². The van der Waals surface area contributed by atoms with E-state index >= 15 is 0 Å². The van der Waals surface area contributed by atoms with Gasteiger partial charge in [-0.3, -0.25) is 10.2 Å². The molecule has 0 radical (unpaired) electrons. The minimum absolute atomic E-state index is 0. The monoisotopic (exact) mass is 240 g/mol. The summed E-state index contributed by atoms with van der Waals surface area (Å²) in [6.07, 6.45) is 0.177. The van der Waals surface area contributed by atoms with Gasteiger partial charge in [-0.2, -0.15) is 0 Å². The summed E-state index contributed by atoms with van der Waals surface area (Å²) in [7, 11) is 0. The molecule has 0 saturated heterocycles. The first-order chi connectivity index (χ1) is 5.72. The van der Waals surface area contributed by atoms with Crippen LogP contribution in [0.3, 0.4) is 0 Å². The Morgan fingerprint density at radius 1 is 1.29 bits per heavy atom. The molecule has 3 nitrogen and oxygen atoms in total. The van der Waals surface area contributed by atoms with Gasteiger partial charge in [0.15, 0.2) is 0 Å². The highest BCUT2D eigenvalue weighted by atomic mass is 35.5. The van der Waals surface area contributed by atoms with Crippen LogP contribution in [-0.4, -0.2) is 5.91 Å². The number of hydrogen-bond acceptors (Lipinski definition) is 2. The maximum absolute atomic E-state index is 12.4. The summed E-state index contributed by atoms with van der Waals surface area (Å²) in [5.41, 5.74) is 2.73. The molecule has 1 rings (SSSR count). The quantitative estimate of drug-likeness (QED) is 0.464. The van der Waals surface area contributed by atoms with Crippen molar-refractivity contribution in [1.82, 2.24) is 5.43 Å². The third-order valence-electron chi connectivity index (χ3n) is 1.44. The van der Waals surface area contributed by atoms with Gasteiger partial charge in [-0.1, -0.05) is 12.1 Å². The number of hydrogen-bond donors (Lipinski definition) is 2. The molecule has 0 aliphatic rings. The van der Waals surface area contributed by atoms with Crippen molar-refractivity contribution >= 4 is 30.7 Å². The summed E-state index contributed by atoms with van der Waals surface area (Å²) < 4.78 is 12.4. The molecule has 0 heterocycles. The zero-order valence-electron chi connectivity index (χ0n) is 7.20. The fraction of sp³-hybridized carbons (Fsp3) is 0.125. The summed E-state index contributed by atoms with van der Waals surface area (Å²) in [4.78, 5) is 10.7. The first-order valence-electron chi connectivity index (χ1n) is 3.46. The molecule has 0 aliphatic carbocycles. The van der Waals surface area contributed by atoms with E-state index in [1.807, 2.05) is 5.43 Å². The standard InChI is InChI=1S/C8H9FN2O.2ClH/c9-7-3-1-6(2-4-7)5-8(12)11-10;;/h1-4H,5,10H2,(H,11,12);2*1H. The predicted molar refractivity (Wildman–Crippen MR) is 56.9 cm³/mol. The summed E-state index contributed by atoms with van der Waals surface area (Å²) in [5.74, 6) is 4.27. The minimum atomic E-state index is -0.313. The average molecular weight is 241 g/mol. The Hall–Kier alpha value is -0.840. The second-order valence-electron chi connectivity index (χ2n) is 2.37. The molecule has 0 spiro atoms. The zero-order chi connectivity index (χ0) is 8.97. The molecule has 1 aromatic carbocycles. The van der Waals surface area contributed by atoms with E-state index in [-0.39, 0.29) is 43.0 Å². The van der Waals surface area contributed by atoms with Crippen molar-refractivity contribution in [2.45, 2.75) is 6.42 Å². The molecule has 0 aromatic heterocycles. The van der Waals surface area contributed by atoms with Gasteiger partial charge in [0.25, 0.3) is 0 Å². The molecule has 1 amide bonds. The summed E-state index contributed by atoms with van der Waals surface area (Å²) in [5, 5.41) is 0. The number of amides is 1. The molecule has 6 heteroatoms. The van der Waals surface area contributed by atoms with E-state index in [2.05, 4.69) is 0 Å². The molecule has 0 atom stereocenters. The van der Waals surface area contributed by atoms with Crippen molar-refractivity contribution in [1.29, 1.82) is 0 Å². The lowest BCUT2D eigenvalue weighted by atomic mass is 10.1. The Labute approximate surface area is 93.7 Å². The second kappa shape index (κ2) is 7.55. The Balaban J connectivity index is 0. The Kier molecular flexibility index (Phi) is 8.43. The fourth-order valence-electron chi connectivity index (χ4n) is 0.839. The molecule has 14 heavy (non-hydrogen) atoms. The Bertz CT molecular complexity index is 279. The maximum atomic E-state index is 12.4. The van der Waals surface area contributed by atoms with Gasteiger partial charge in [0.2, 0.25) is 5.91 Å². The van der Waals surface area contributed by atoms with E-state index in [0.29, 0.717) is 0 Å². The zero-order valence-corrected chi connectivity index (χ0v) is 8.83. The van der Waals surface area contributed by atoms with Gasteiger partial charge in [0.1, 0.15) is 5.82 Å². The van der Waals surface area contributed by atoms with E-state index in [1.54, 1.807) is 12.1 Å². The fourth-order valence-corrected chi connectivity index (χ4v) is 0.839. The smallest absolute Gasteiger partial charge is 0.238 e. The van der Waals surface area contributed by atoms with Crippen LogP contribution in [0.2, 0.25) is 0 Å². The topological polar surface area (TPSA) is 55.1 Å². The largest absolute Gasteiger partial charge is 0.294 e. The van der Waals surface area contributed by atoms with Crippen LogP contribution >= 0.6 is 24.8 Å². The Morgan fingerprint density at radius 3 is 2.21 bits per heavy atom. The second-order valence-corrected chi connectivity index (χ2v) is 2.37. The summed E-state index contributed by atoms with van der Waals surface area (Å²) in [6.45, 7) is 0. The van der Waals surface area contributed by atoms with Crippen LogP contribution in [0.1, 0.15) is 5.56 Å². The molecule has 0 saturated carbocycles. The van der Waals surface area contributed by atoms with Crippen molar-refractivity contribution in [3.05, 3.63) is 35.6 Å². The van der Waals surface area contributed by atoms with Gasteiger partial charge in [-0.15, -0.1) is 24.8 Å². The van der Waals surface area contributed by atoms with Crippen molar-refractivity contribution < 1.29 is 9.18 Å². The van der Waals surface area contributed by atoms with Crippen LogP contribution < -0.4 is 11.3 Å². The summed E-state index contributed by atoms with van der Waals surface area (Å²) >= 11 is 0. The maximum Gasteiger partial charge on any atom is 0.238 e. The highest BCUT2D eigenvalue weighted by Gasteiger charge is 1.99. The first kappa shape index (κ1) is 15.6. The van der Waals surface area contributed by atoms with Gasteiger partial charge < -0.3 is 0 Å². The minimum Gasteiger partial charge on any atom is -0.294 e. The van der Waals surface area contributed by atoms with E-state index in [9.17, 15) is 9.18 Å². The lowest BCUT2D eigenvalue weighted by Crippen LogP contribution is -2.31. The van der Waals surface area contributed by atoms with Gasteiger partial charge in [-0.25, -0.2) is 10.2 Å². The molecule has 1 aromatic rings. The summed E-state index contributed by atoms with van der Waals surface area (Å²) in [6, 6.07) is 5.70. The van der Waals surface area contributed by atoms with Crippen molar-refractivity contribution in [3.8, 4) is 0 Å². The number of carbonyl (C=O) groups excluding carboxylic acids is 1. The van der Waals surface area contributed by atoms with Crippen LogP contribution in [-0.2, 0) is 11.2 Å². The van der Waals surface area contributed by atoms with Gasteiger partial charge in [0.05, 0.1) is 6.42 Å². The molecular weight excluding hydrogens is 230 g/mol. The highest BCUT2D eigenvalue weighted by Crippen LogP contribution is 2.02. The molecule has 0 aliphatic heterocycles. The molecule has 0 fully saturated rings.